The molecule has 1 fully saturated rings. The minimum absolute atomic E-state index is 0.0153. The van der Waals surface area contributed by atoms with Crippen LogP contribution in [0.5, 0.6) is 0 Å². The van der Waals surface area contributed by atoms with Crippen LogP contribution in [0.25, 0.3) is 0 Å². The molecule has 1 saturated heterocycles. The molecule has 0 aliphatic carbocycles. The second kappa shape index (κ2) is 7.43. The molecule has 0 aromatic heterocycles. The van der Waals surface area contributed by atoms with Gasteiger partial charge >= 0.3 is 5.97 Å². The molecule has 1 aliphatic heterocycles. The first-order chi connectivity index (χ1) is 10.1. The minimum Gasteiger partial charge on any atom is -0.481 e. The number of hydrogen-bond acceptors (Lipinski definition) is 3. The maximum atomic E-state index is 12.1. The summed E-state index contributed by atoms with van der Waals surface area (Å²) in [6, 6.07) is 7.39. The van der Waals surface area contributed by atoms with E-state index in [0.717, 1.165) is 5.56 Å². The summed E-state index contributed by atoms with van der Waals surface area (Å²) in [6.07, 6.45) is 0.507. The fourth-order valence-corrected chi connectivity index (χ4v) is 2.43. The third-order valence-corrected chi connectivity index (χ3v) is 3.69. The first-order valence-corrected chi connectivity index (χ1v) is 7.30. The Morgan fingerprint density at radius 3 is 2.67 bits per heavy atom. The van der Waals surface area contributed by atoms with E-state index in [1.54, 1.807) is 17.0 Å². The van der Waals surface area contributed by atoms with Gasteiger partial charge in [-0.1, -0.05) is 23.7 Å². The number of hydrogen-bond donors (Lipinski definition) is 1. The summed E-state index contributed by atoms with van der Waals surface area (Å²) in [6.45, 7) is 1.53. The monoisotopic (exact) mass is 311 g/mol. The van der Waals surface area contributed by atoms with Crippen molar-refractivity contribution in [1.82, 2.24) is 4.90 Å². The molecule has 2 rings (SSSR count). The lowest BCUT2D eigenvalue weighted by molar-refractivity contribution is -0.140. The van der Waals surface area contributed by atoms with Crippen LogP contribution < -0.4 is 0 Å². The Morgan fingerprint density at radius 1 is 1.29 bits per heavy atom. The smallest absolute Gasteiger partial charge is 0.303 e. The summed E-state index contributed by atoms with van der Waals surface area (Å²) >= 11 is 5.86. The number of morpholine rings is 1. The van der Waals surface area contributed by atoms with Crippen LogP contribution in [0.15, 0.2) is 24.3 Å². The number of halogens is 1. The summed E-state index contributed by atoms with van der Waals surface area (Å²) in [5, 5.41) is 9.26. The van der Waals surface area contributed by atoms with Crippen molar-refractivity contribution in [2.45, 2.75) is 25.4 Å². The van der Waals surface area contributed by atoms with Gasteiger partial charge in [-0.05, 0) is 24.1 Å². The van der Waals surface area contributed by atoms with Gasteiger partial charge in [-0.15, -0.1) is 0 Å². The van der Waals surface area contributed by atoms with Crippen molar-refractivity contribution in [2.75, 3.05) is 19.7 Å². The highest BCUT2D eigenvalue weighted by Crippen LogP contribution is 2.24. The zero-order valence-electron chi connectivity index (χ0n) is 11.6. The number of benzene rings is 1. The number of carboxylic acid groups (broad SMARTS) is 1. The molecule has 6 heteroatoms. The lowest BCUT2D eigenvalue weighted by Gasteiger charge is -2.33. The molecule has 5 nitrogen and oxygen atoms in total. The van der Waals surface area contributed by atoms with Crippen LogP contribution in [0.3, 0.4) is 0 Å². The molecule has 1 aromatic carbocycles. The zero-order chi connectivity index (χ0) is 15.2. The van der Waals surface area contributed by atoms with Crippen molar-refractivity contribution in [2.24, 2.45) is 0 Å². The molecule has 21 heavy (non-hydrogen) atoms. The van der Waals surface area contributed by atoms with Crippen LogP contribution in [0.1, 0.15) is 30.9 Å². The van der Waals surface area contributed by atoms with E-state index in [0.29, 0.717) is 31.1 Å². The molecule has 0 bridgehead atoms. The van der Waals surface area contributed by atoms with Crippen molar-refractivity contribution >= 4 is 23.5 Å². The van der Waals surface area contributed by atoms with E-state index in [4.69, 9.17) is 21.4 Å². The minimum atomic E-state index is -0.871. The maximum absolute atomic E-state index is 12.1. The highest BCUT2D eigenvalue weighted by atomic mass is 35.5. The molecule has 0 radical (unpaired) electrons. The molecule has 0 saturated carbocycles. The molecule has 1 unspecified atom stereocenters. The molecule has 0 spiro atoms. The summed E-state index contributed by atoms with van der Waals surface area (Å²) < 4.78 is 5.70. The SMILES string of the molecule is O=C(O)CCCC(=O)N1CCOC(c2ccc(Cl)cc2)C1. The van der Waals surface area contributed by atoms with E-state index >= 15 is 0 Å². The zero-order valence-corrected chi connectivity index (χ0v) is 12.4. The standard InChI is InChI=1S/C15H18ClNO4/c16-12-6-4-11(5-7-12)13-10-17(8-9-21-13)14(18)2-1-3-15(19)20/h4-7,13H,1-3,8-10H2,(H,19,20). The van der Waals surface area contributed by atoms with Gasteiger partial charge in [-0.25, -0.2) is 0 Å². The van der Waals surface area contributed by atoms with Gasteiger partial charge in [0.2, 0.25) is 5.91 Å². The Labute approximate surface area is 128 Å². The van der Waals surface area contributed by atoms with Gasteiger partial charge in [0.1, 0.15) is 6.10 Å². The number of ether oxygens (including phenoxy) is 1. The molecule has 1 aliphatic rings. The maximum Gasteiger partial charge on any atom is 0.303 e. The summed E-state index contributed by atoms with van der Waals surface area (Å²) in [5.41, 5.74) is 0.988. The largest absolute Gasteiger partial charge is 0.481 e. The number of carboxylic acids is 1. The highest BCUT2D eigenvalue weighted by Gasteiger charge is 2.25. The van der Waals surface area contributed by atoms with Crippen LogP contribution in [0.4, 0.5) is 0 Å². The Bertz CT molecular complexity index is 503. The first kappa shape index (κ1) is 15.8. The number of carbonyl (C=O) groups excluding carboxylic acids is 1. The number of amides is 1. The van der Waals surface area contributed by atoms with E-state index in [1.807, 2.05) is 12.1 Å². The van der Waals surface area contributed by atoms with E-state index in [2.05, 4.69) is 0 Å². The molecule has 1 aromatic rings. The van der Waals surface area contributed by atoms with Crippen LogP contribution >= 0.6 is 11.6 Å². The van der Waals surface area contributed by atoms with E-state index in [9.17, 15) is 9.59 Å². The van der Waals surface area contributed by atoms with Gasteiger partial charge in [-0.2, -0.15) is 0 Å². The van der Waals surface area contributed by atoms with Gasteiger partial charge in [0, 0.05) is 24.4 Å². The first-order valence-electron chi connectivity index (χ1n) is 6.93. The molecule has 1 amide bonds. The molecular formula is C15H18ClNO4. The predicted molar refractivity (Wildman–Crippen MR) is 78.2 cm³/mol. The fraction of sp³-hybridized carbons (Fsp3) is 0.467. The highest BCUT2D eigenvalue weighted by molar-refractivity contribution is 6.30. The van der Waals surface area contributed by atoms with Gasteiger partial charge in [0.05, 0.1) is 13.2 Å². The second-order valence-electron chi connectivity index (χ2n) is 5.00. The Balaban J connectivity index is 1.89. The van der Waals surface area contributed by atoms with Gasteiger partial charge in [0.15, 0.2) is 0 Å². The third kappa shape index (κ3) is 4.72. The van der Waals surface area contributed by atoms with Crippen molar-refractivity contribution in [1.29, 1.82) is 0 Å². The van der Waals surface area contributed by atoms with Crippen LogP contribution in [0, 0.1) is 0 Å². The Kier molecular flexibility index (Phi) is 5.59. The predicted octanol–water partition coefficient (Wildman–Crippen LogP) is 2.49. The van der Waals surface area contributed by atoms with Crippen molar-refractivity contribution in [3.05, 3.63) is 34.9 Å². The third-order valence-electron chi connectivity index (χ3n) is 3.44. The topological polar surface area (TPSA) is 66.8 Å². The summed E-state index contributed by atoms with van der Waals surface area (Å²) in [4.78, 5) is 24.3. The van der Waals surface area contributed by atoms with E-state index in [-0.39, 0.29) is 24.9 Å². The number of aliphatic carboxylic acids is 1. The lowest BCUT2D eigenvalue weighted by Crippen LogP contribution is -2.42. The van der Waals surface area contributed by atoms with E-state index < -0.39 is 5.97 Å². The van der Waals surface area contributed by atoms with E-state index in [1.165, 1.54) is 0 Å². The molecule has 1 heterocycles. The number of nitrogens with zero attached hydrogens (tertiary/aromatic N) is 1. The van der Waals surface area contributed by atoms with Crippen LogP contribution in [0.2, 0.25) is 5.02 Å². The average molecular weight is 312 g/mol. The normalized spacial score (nSPS) is 18.5. The van der Waals surface area contributed by atoms with Gasteiger partial charge in [-0.3, -0.25) is 9.59 Å². The Morgan fingerprint density at radius 2 is 2.00 bits per heavy atom. The van der Waals surface area contributed by atoms with Crippen LogP contribution in [-0.2, 0) is 14.3 Å². The van der Waals surface area contributed by atoms with Gasteiger partial charge < -0.3 is 14.7 Å². The molecule has 114 valence electrons. The quantitative estimate of drug-likeness (QED) is 0.907. The second-order valence-corrected chi connectivity index (χ2v) is 5.43. The lowest BCUT2D eigenvalue weighted by atomic mass is 10.1. The fourth-order valence-electron chi connectivity index (χ4n) is 2.30. The number of rotatable bonds is 5. The molecular weight excluding hydrogens is 294 g/mol. The van der Waals surface area contributed by atoms with Gasteiger partial charge in [0.25, 0.3) is 0 Å². The molecule has 1 N–H and O–H groups in total. The summed E-state index contributed by atoms with van der Waals surface area (Å²) in [5.74, 6) is -0.887. The Hall–Kier alpha value is -1.59. The molecule has 1 atom stereocenters. The van der Waals surface area contributed by atoms with Crippen LogP contribution in [-0.4, -0.2) is 41.6 Å². The average Bonchev–Trinajstić information content (AvgIpc) is 2.47. The van der Waals surface area contributed by atoms with Crippen molar-refractivity contribution in [3.8, 4) is 0 Å². The summed E-state index contributed by atoms with van der Waals surface area (Å²) in [7, 11) is 0. The van der Waals surface area contributed by atoms with Crippen molar-refractivity contribution in [3.63, 3.8) is 0 Å². The van der Waals surface area contributed by atoms with Crippen molar-refractivity contribution < 1.29 is 19.4 Å². The number of carbonyl (C=O) groups is 2.